The number of hydrogen-bond donors (Lipinski definition) is 0. The molecule has 2 aliphatic carbocycles. The molecule has 0 N–H and O–H groups in total. The van der Waals surface area contributed by atoms with Gasteiger partial charge in [0, 0.05) is 49.7 Å². The van der Waals surface area contributed by atoms with Crippen LogP contribution in [-0.4, -0.2) is 82.3 Å². The average Bonchev–Trinajstić information content (AvgIpc) is 3.03. The standard InChI is InChI=1S/C28H45N5O/c1-19(2)32-17-23-5-6-24(18-32)33(23)27-29-15-22(16-30-27)21-7-9-31(10-8-21)25-11-28(12-25)13-26(14-28)34-20(3)4/h15-16,19-21,23-26H,5-14,17-18H2,1-4H3/t23?,24?,25-,26-,28?. The van der Waals surface area contributed by atoms with Gasteiger partial charge >= 0.3 is 0 Å². The Kier molecular flexibility index (Phi) is 6.14. The second-order valence-corrected chi connectivity index (χ2v) is 12.7. The first kappa shape index (κ1) is 23.2. The lowest BCUT2D eigenvalue weighted by Gasteiger charge is -2.60. The lowest BCUT2D eigenvalue weighted by atomic mass is 9.52. The number of rotatable bonds is 6. The van der Waals surface area contributed by atoms with Crippen molar-refractivity contribution in [2.75, 3.05) is 31.1 Å². The number of fused-ring (bicyclic) bond motifs is 2. The van der Waals surface area contributed by atoms with Crippen molar-refractivity contribution in [3.05, 3.63) is 18.0 Å². The molecular weight excluding hydrogens is 422 g/mol. The van der Waals surface area contributed by atoms with Gasteiger partial charge in [-0.3, -0.25) is 4.90 Å². The van der Waals surface area contributed by atoms with Gasteiger partial charge in [0.05, 0.1) is 12.2 Å². The smallest absolute Gasteiger partial charge is 0.225 e. The fourth-order valence-electron chi connectivity index (χ4n) is 7.88. The van der Waals surface area contributed by atoms with Crippen molar-refractivity contribution in [3.63, 3.8) is 0 Å². The zero-order valence-electron chi connectivity index (χ0n) is 21.8. The summed E-state index contributed by atoms with van der Waals surface area (Å²) in [4.78, 5) is 17.8. The Labute approximate surface area is 206 Å². The third-order valence-corrected chi connectivity index (χ3v) is 9.77. The highest BCUT2D eigenvalue weighted by atomic mass is 16.5. The van der Waals surface area contributed by atoms with Crippen LogP contribution in [0.5, 0.6) is 0 Å². The number of anilines is 1. The van der Waals surface area contributed by atoms with Crippen LogP contribution in [0.2, 0.25) is 0 Å². The van der Waals surface area contributed by atoms with E-state index < -0.39 is 0 Å². The minimum Gasteiger partial charge on any atom is -0.376 e. The summed E-state index contributed by atoms with van der Waals surface area (Å²) in [6.45, 7) is 13.8. The first-order chi connectivity index (χ1) is 16.4. The molecule has 2 atom stereocenters. The topological polar surface area (TPSA) is 44.7 Å². The summed E-state index contributed by atoms with van der Waals surface area (Å²) in [7, 11) is 0. The summed E-state index contributed by atoms with van der Waals surface area (Å²) < 4.78 is 6.01. The fraction of sp³-hybridized carbons (Fsp3) is 0.857. The van der Waals surface area contributed by atoms with Gasteiger partial charge in [-0.15, -0.1) is 0 Å². The minimum absolute atomic E-state index is 0.375. The molecule has 2 saturated carbocycles. The predicted molar refractivity (Wildman–Crippen MR) is 136 cm³/mol. The molecule has 2 unspecified atom stereocenters. The molecule has 6 nitrogen and oxygen atoms in total. The quantitative estimate of drug-likeness (QED) is 0.616. The van der Waals surface area contributed by atoms with E-state index in [1.807, 2.05) is 0 Å². The van der Waals surface area contributed by atoms with E-state index in [-0.39, 0.29) is 0 Å². The van der Waals surface area contributed by atoms with Crippen LogP contribution in [0.4, 0.5) is 5.95 Å². The number of ether oxygens (including phenoxy) is 1. The minimum atomic E-state index is 0.375. The molecule has 5 aliphatic rings. The monoisotopic (exact) mass is 467 g/mol. The van der Waals surface area contributed by atoms with Crippen molar-refractivity contribution in [1.82, 2.24) is 19.8 Å². The third kappa shape index (κ3) is 4.28. The van der Waals surface area contributed by atoms with Crippen LogP contribution in [0.15, 0.2) is 12.4 Å². The van der Waals surface area contributed by atoms with Crippen LogP contribution in [0, 0.1) is 5.41 Å². The van der Waals surface area contributed by atoms with Crippen molar-refractivity contribution >= 4 is 5.95 Å². The van der Waals surface area contributed by atoms with E-state index in [1.165, 1.54) is 70.0 Å². The van der Waals surface area contributed by atoms with Gasteiger partial charge in [-0.05, 0) is 109 Å². The van der Waals surface area contributed by atoms with E-state index in [0.29, 0.717) is 41.7 Å². The fourth-order valence-corrected chi connectivity index (χ4v) is 7.88. The molecule has 3 aliphatic heterocycles. The molecule has 3 saturated heterocycles. The maximum absolute atomic E-state index is 6.01. The van der Waals surface area contributed by atoms with Gasteiger partial charge in [0.2, 0.25) is 5.95 Å². The van der Waals surface area contributed by atoms with Crippen molar-refractivity contribution in [3.8, 4) is 0 Å². The second kappa shape index (κ2) is 9.01. The van der Waals surface area contributed by atoms with Crippen LogP contribution in [0.25, 0.3) is 0 Å². The van der Waals surface area contributed by atoms with E-state index in [9.17, 15) is 0 Å². The molecule has 1 aromatic heterocycles. The molecule has 0 aromatic carbocycles. The van der Waals surface area contributed by atoms with Crippen molar-refractivity contribution in [2.45, 2.75) is 121 Å². The Bertz CT molecular complexity index is 821. The van der Waals surface area contributed by atoms with Crippen LogP contribution in [0.3, 0.4) is 0 Å². The van der Waals surface area contributed by atoms with Gasteiger partial charge < -0.3 is 14.5 Å². The Morgan fingerprint density at radius 1 is 0.853 bits per heavy atom. The molecule has 0 amide bonds. The van der Waals surface area contributed by atoms with E-state index in [1.54, 1.807) is 0 Å². The Morgan fingerprint density at radius 3 is 2.03 bits per heavy atom. The predicted octanol–water partition coefficient (Wildman–Crippen LogP) is 4.45. The van der Waals surface area contributed by atoms with Crippen LogP contribution in [-0.2, 0) is 4.74 Å². The number of likely N-dealkylation sites (tertiary alicyclic amines) is 2. The zero-order chi connectivity index (χ0) is 23.4. The van der Waals surface area contributed by atoms with Gasteiger partial charge in [0.1, 0.15) is 0 Å². The van der Waals surface area contributed by atoms with Crippen molar-refractivity contribution in [2.24, 2.45) is 5.41 Å². The Morgan fingerprint density at radius 2 is 1.47 bits per heavy atom. The van der Waals surface area contributed by atoms with E-state index in [4.69, 9.17) is 14.7 Å². The summed E-state index contributed by atoms with van der Waals surface area (Å²) in [5.41, 5.74) is 1.99. The number of hydrogen-bond acceptors (Lipinski definition) is 6. The summed E-state index contributed by atoms with van der Waals surface area (Å²) in [5.74, 6) is 1.60. The van der Waals surface area contributed by atoms with E-state index >= 15 is 0 Å². The maximum Gasteiger partial charge on any atom is 0.225 e. The molecule has 2 bridgehead atoms. The zero-order valence-corrected chi connectivity index (χ0v) is 21.8. The number of piperidine rings is 1. The molecular formula is C28H45N5O. The number of piperazine rings is 1. The highest BCUT2D eigenvalue weighted by Crippen LogP contribution is 2.58. The maximum atomic E-state index is 6.01. The summed E-state index contributed by atoms with van der Waals surface area (Å²) in [6.07, 6.45) is 15.7. The largest absolute Gasteiger partial charge is 0.376 e. The van der Waals surface area contributed by atoms with Gasteiger partial charge in [-0.1, -0.05) is 0 Å². The lowest BCUT2D eigenvalue weighted by Crippen LogP contribution is -2.59. The number of nitrogens with zero attached hydrogens (tertiary/aromatic N) is 5. The highest BCUT2D eigenvalue weighted by Gasteiger charge is 2.55. The average molecular weight is 468 g/mol. The highest BCUT2D eigenvalue weighted by molar-refractivity contribution is 5.38. The first-order valence-corrected chi connectivity index (χ1v) is 14.1. The van der Waals surface area contributed by atoms with Gasteiger partial charge in [-0.2, -0.15) is 0 Å². The summed E-state index contributed by atoms with van der Waals surface area (Å²) >= 11 is 0. The van der Waals surface area contributed by atoms with Crippen LogP contribution >= 0.6 is 0 Å². The van der Waals surface area contributed by atoms with Gasteiger partial charge in [0.15, 0.2) is 0 Å². The Balaban J connectivity index is 0.985. The van der Waals surface area contributed by atoms with Crippen LogP contribution in [0.1, 0.15) is 90.5 Å². The molecule has 6 rings (SSSR count). The van der Waals surface area contributed by atoms with Crippen molar-refractivity contribution in [1.29, 1.82) is 0 Å². The molecule has 34 heavy (non-hydrogen) atoms. The molecule has 0 radical (unpaired) electrons. The first-order valence-electron chi connectivity index (χ1n) is 14.1. The lowest BCUT2D eigenvalue weighted by molar-refractivity contribution is -0.160. The number of aromatic nitrogens is 2. The van der Waals surface area contributed by atoms with Gasteiger partial charge in [0.25, 0.3) is 0 Å². The second-order valence-electron chi connectivity index (χ2n) is 12.7. The molecule has 1 spiro atoms. The van der Waals surface area contributed by atoms with Gasteiger partial charge in [-0.25, -0.2) is 9.97 Å². The molecule has 5 fully saturated rings. The Hall–Kier alpha value is -1.24. The summed E-state index contributed by atoms with van der Waals surface area (Å²) in [6, 6.07) is 2.63. The normalized spacial score (nSPS) is 36.9. The van der Waals surface area contributed by atoms with Crippen molar-refractivity contribution < 1.29 is 4.74 Å². The van der Waals surface area contributed by atoms with Crippen LogP contribution < -0.4 is 4.90 Å². The van der Waals surface area contributed by atoms with E-state index in [2.05, 4.69) is 54.8 Å². The molecule has 4 heterocycles. The summed E-state index contributed by atoms with van der Waals surface area (Å²) in [5, 5.41) is 0. The molecule has 1 aromatic rings. The molecule has 188 valence electrons. The SMILES string of the molecule is CC(C)O[C@H]1CC2(C1)C[C@H](N1CCC(c3cnc(N4C5CCC4CN(C(C)C)C5)nc3)CC1)C2. The van der Waals surface area contributed by atoms with E-state index in [0.717, 1.165) is 25.1 Å². The molecule has 6 heteroatoms. The third-order valence-electron chi connectivity index (χ3n) is 9.77.